The molecule has 0 radical (unpaired) electrons. The molecule has 0 bridgehead atoms. The molecule has 0 aliphatic heterocycles. The third-order valence-corrected chi connectivity index (χ3v) is 1.96. The summed E-state index contributed by atoms with van der Waals surface area (Å²) in [6, 6.07) is 5.36. The fourth-order valence-electron chi connectivity index (χ4n) is 1.10. The van der Waals surface area contributed by atoms with Gasteiger partial charge in [0, 0.05) is 13.1 Å². The van der Waals surface area contributed by atoms with Crippen molar-refractivity contribution in [1.82, 2.24) is 4.90 Å². The quantitative estimate of drug-likeness (QED) is 0.826. The molecule has 0 aliphatic carbocycles. The van der Waals surface area contributed by atoms with E-state index in [9.17, 15) is 14.0 Å². The van der Waals surface area contributed by atoms with Gasteiger partial charge in [-0.1, -0.05) is 6.07 Å². The Labute approximate surface area is 97.4 Å². The van der Waals surface area contributed by atoms with Crippen LogP contribution in [0.2, 0.25) is 0 Å². The molecule has 0 heterocycles. The summed E-state index contributed by atoms with van der Waals surface area (Å²) in [7, 11) is 1.35. The molecule has 1 N–H and O–H groups in total. The lowest BCUT2D eigenvalue weighted by Crippen LogP contribution is -2.35. The maximum atomic E-state index is 12.8. The summed E-state index contributed by atoms with van der Waals surface area (Å²) in [6.07, 6.45) is 0. The summed E-state index contributed by atoms with van der Waals surface area (Å²) in [5, 5.41) is 8.47. The number of halogens is 1. The maximum Gasteiger partial charge on any atom is 0.323 e. The zero-order chi connectivity index (χ0) is 12.8. The fraction of sp³-hybridized carbons (Fsp3) is 0.273. The van der Waals surface area contributed by atoms with Gasteiger partial charge in [-0.15, -0.1) is 0 Å². The van der Waals surface area contributed by atoms with Crippen LogP contribution in [0.5, 0.6) is 5.75 Å². The van der Waals surface area contributed by atoms with Gasteiger partial charge in [0.15, 0.2) is 6.61 Å². The minimum atomic E-state index is -1.10. The molecule has 1 aromatic carbocycles. The van der Waals surface area contributed by atoms with E-state index >= 15 is 0 Å². The van der Waals surface area contributed by atoms with Crippen molar-refractivity contribution in [3.8, 4) is 5.75 Å². The number of likely N-dealkylation sites (N-methyl/N-ethyl adjacent to an activating group) is 1. The van der Waals surface area contributed by atoms with Crippen molar-refractivity contribution >= 4 is 11.9 Å². The van der Waals surface area contributed by atoms with E-state index in [2.05, 4.69) is 0 Å². The number of carboxylic acid groups (broad SMARTS) is 1. The Balaban J connectivity index is 2.45. The molecular formula is C11H12FNO4. The first-order valence-electron chi connectivity index (χ1n) is 4.83. The largest absolute Gasteiger partial charge is 0.484 e. The molecule has 0 fully saturated rings. The molecule has 0 aliphatic rings. The predicted molar refractivity (Wildman–Crippen MR) is 57.2 cm³/mol. The van der Waals surface area contributed by atoms with Crippen molar-refractivity contribution in [1.29, 1.82) is 0 Å². The van der Waals surface area contributed by atoms with Crippen molar-refractivity contribution in [2.45, 2.75) is 0 Å². The first kappa shape index (κ1) is 13.0. The smallest absolute Gasteiger partial charge is 0.323 e. The maximum absolute atomic E-state index is 12.8. The molecule has 0 spiro atoms. The number of hydrogen-bond donors (Lipinski definition) is 1. The van der Waals surface area contributed by atoms with Crippen LogP contribution in [-0.4, -0.2) is 42.1 Å². The topological polar surface area (TPSA) is 66.8 Å². The standard InChI is InChI=1S/C11H12FNO4/c1-13(6-11(15)16)10(14)7-17-9-4-2-3-8(12)5-9/h2-5H,6-7H2,1H3,(H,15,16). The lowest BCUT2D eigenvalue weighted by atomic mass is 10.3. The Hall–Kier alpha value is -2.11. The molecule has 1 rings (SSSR count). The highest BCUT2D eigenvalue weighted by Crippen LogP contribution is 2.11. The van der Waals surface area contributed by atoms with Gasteiger partial charge in [-0.05, 0) is 12.1 Å². The molecule has 6 heteroatoms. The van der Waals surface area contributed by atoms with Crippen molar-refractivity contribution in [2.24, 2.45) is 0 Å². The van der Waals surface area contributed by atoms with Crippen LogP contribution in [0.25, 0.3) is 0 Å². The van der Waals surface area contributed by atoms with Crippen molar-refractivity contribution in [2.75, 3.05) is 20.2 Å². The van der Waals surface area contributed by atoms with E-state index in [1.165, 1.54) is 25.2 Å². The van der Waals surface area contributed by atoms with Crippen LogP contribution in [0, 0.1) is 5.82 Å². The summed E-state index contributed by atoms with van der Waals surface area (Å²) < 4.78 is 17.8. The van der Waals surface area contributed by atoms with Gasteiger partial charge in [-0.2, -0.15) is 0 Å². The third-order valence-electron chi connectivity index (χ3n) is 1.96. The third kappa shape index (κ3) is 4.50. The van der Waals surface area contributed by atoms with Gasteiger partial charge in [0.1, 0.15) is 18.1 Å². The zero-order valence-corrected chi connectivity index (χ0v) is 9.22. The second-order valence-electron chi connectivity index (χ2n) is 3.39. The molecule has 0 atom stereocenters. The average Bonchev–Trinajstić information content (AvgIpc) is 2.25. The van der Waals surface area contributed by atoms with Crippen LogP contribution in [0.15, 0.2) is 24.3 Å². The Morgan fingerprint density at radius 3 is 2.76 bits per heavy atom. The molecule has 0 aromatic heterocycles. The summed E-state index contributed by atoms with van der Waals surface area (Å²) >= 11 is 0. The Kier molecular flexibility index (Phi) is 4.45. The fourth-order valence-corrected chi connectivity index (χ4v) is 1.10. The number of aliphatic carboxylic acids is 1. The molecule has 1 amide bonds. The summed E-state index contributed by atoms with van der Waals surface area (Å²) in [4.78, 5) is 22.7. The highest BCUT2D eigenvalue weighted by Gasteiger charge is 2.12. The van der Waals surface area contributed by atoms with Gasteiger partial charge >= 0.3 is 5.97 Å². The van der Waals surface area contributed by atoms with E-state index in [0.717, 1.165) is 11.0 Å². The predicted octanol–water partition coefficient (Wildman–Crippen LogP) is 0.748. The minimum Gasteiger partial charge on any atom is -0.484 e. The Morgan fingerprint density at radius 2 is 2.18 bits per heavy atom. The molecule has 0 unspecified atom stereocenters. The van der Waals surface area contributed by atoms with Gasteiger partial charge in [-0.25, -0.2) is 4.39 Å². The summed E-state index contributed by atoms with van der Waals surface area (Å²) in [5.74, 6) is -1.83. The van der Waals surface area contributed by atoms with Crippen LogP contribution in [0.4, 0.5) is 4.39 Å². The molecule has 0 saturated carbocycles. The number of amides is 1. The van der Waals surface area contributed by atoms with Crippen LogP contribution in [0.1, 0.15) is 0 Å². The first-order valence-corrected chi connectivity index (χ1v) is 4.83. The monoisotopic (exact) mass is 241 g/mol. The number of carbonyl (C=O) groups is 2. The molecule has 5 nitrogen and oxygen atoms in total. The summed E-state index contributed by atoms with van der Waals surface area (Å²) in [6.45, 7) is -0.724. The van der Waals surface area contributed by atoms with Crippen molar-refractivity contribution in [3.05, 3.63) is 30.1 Å². The van der Waals surface area contributed by atoms with E-state index in [4.69, 9.17) is 9.84 Å². The summed E-state index contributed by atoms with van der Waals surface area (Å²) in [5.41, 5.74) is 0. The molecule has 92 valence electrons. The SMILES string of the molecule is CN(CC(=O)O)C(=O)COc1cccc(F)c1. The number of hydrogen-bond acceptors (Lipinski definition) is 3. The second-order valence-corrected chi connectivity index (χ2v) is 3.39. The van der Waals surface area contributed by atoms with Crippen LogP contribution >= 0.6 is 0 Å². The number of rotatable bonds is 5. The van der Waals surface area contributed by atoms with E-state index < -0.39 is 24.2 Å². The van der Waals surface area contributed by atoms with Gasteiger partial charge in [-0.3, -0.25) is 9.59 Å². The van der Waals surface area contributed by atoms with Gasteiger partial charge in [0.05, 0.1) is 0 Å². The average molecular weight is 241 g/mol. The molecule has 0 saturated heterocycles. The molecular weight excluding hydrogens is 229 g/mol. The number of ether oxygens (including phenoxy) is 1. The van der Waals surface area contributed by atoms with Crippen molar-refractivity contribution in [3.63, 3.8) is 0 Å². The lowest BCUT2D eigenvalue weighted by molar-refractivity contribution is -0.144. The highest BCUT2D eigenvalue weighted by atomic mass is 19.1. The highest BCUT2D eigenvalue weighted by molar-refractivity contribution is 5.82. The number of carboxylic acids is 1. The van der Waals surface area contributed by atoms with E-state index in [1.807, 2.05) is 0 Å². The van der Waals surface area contributed by atoms with Crippen LogP contribution < -0.4 is 4.74 Å². The zero-order valence-electron chi connectivity index (χ0n) is 9.22. The second kappa shape index (κ2) is 5.83. The van der Waals surface area contributed by atoms with E-state index in [0.29, 0.717) is 0 Å². The molecule has 1 aromatic rings. The minimum absolute atomic E-state index is 0.224. The van der Waals surface area contributed by atoms with E-state index in [-0.39, 0.29) is 12.4 Å². The van der Waals surface area contributed by atoms with E-state index in [1.54, 1.807) is 0 Å². The number of nitrogens with zero attached hydrogens (tertiary/aromatic N) is 1. The van der Waals surface area contributed by atoms with Crippen LogP contribution in [0.3, 0.4) is 0 Å². The normalized spacial score (nSPS) is 9.76. The Bertz CT molecular complexity index is 422. The molecule has 17 heavy (non-hydrogen) atoms. The number of benzene rings is 1. The van der Waals surface area contributed by atoms with Gasteiger partial charge < -0.3 is 14.7 Å². The first-order chi connectivity index (χ1) is 7.99. The van der Waals surface area contributed by atoms with Gasteiger partial charge in [0.25, 0.3) is 5.91 Å². The lowest BCUT2D eigenvalue weighted by Gasteiger charge is -2.14. The Morgan fingerprint density at radius 1 is 1.47 bits per heavy atom. The number of carbonyl (C=O) groups excluding carboxylic acids is 1. The van der Waals surface area contributed by atoms with Crippen LogP contribution in [-0.2, 0) is 9.59 Å². The van der Waals surface area contributed by atoms with Crippen molar-refractivity contribution < 1.29 is 23.8 Å². The van der Waals surface area contributed by atoms with Gasteiger partial charge in [0.2, 0.25) is 0 Å².